The molecule has 0 unspecified atom stereocenters. The molecule has 5 nitrogen and oxygen atoms in total. The third kappa shape index (κ3) is 4.85. The molecule has 5 heteroatoms. The molecule has 4 rings (SSSR count). The fourth-order valence-corrected chi connectivity index (χ4v) is 4.38. The first-order valence-electron chi connectivity index (χ1n) is 11.2. The lowest BCUT2D eigenvalue weighted by atomic mass is 9.89. The molecule has 3 aromatic rings. The van der Waals surface area contributed by atoms with E-state index in [2.05, 4.69) is 65.0 Å². The number of hydrogen-bond acceptors (Lipinski definition) is 4. The first kappa shape index (κ1) is 20.9. The Hall–Kier alpha value is -2.37. The van der Waals surface area contributed by atoms with Crippen molar-refractivity contribution in [3.63, 3.8) is 0 Å². The van der Waals surface area contributed by atoms with Gasteiger partial charge in [0.15, 0.2) is 0 Å². The molecule has 0 radical (unpaired) electrons. The van der Waals surface area contributed by atoms with Crippen LogP contribution in [-0.4, -0.2) is 47.4 Å². The molecule has 2 aromatic carbocycles. The van der Waals surface area contributed by atoms with Crippen molar-refractivity contribution in [1.29, 1.82) is 0 Å². The molecule has 160 valence electrons. The average molecular weight is 408 g/mol. The smallest absolute Gasteiger partial charge is 0.123 e. The molecule has 1 saturated heterocycles. The van der Waals surface area contributed by atoms with E-state index in [9.17, 15) is 0 Å². The van der Waals surface area contributed by atoms with Gasteiger partial charge in [-0.25, -0.2) is 4.98 Å². The largest absolute Gasteiger partial charge is 0.493 e. The third-order valence-electron chi connectivity index (χ3n) is 6.09. The molecule has 1 aliphatic heterocycles. The molecule has 0 amide bonds. The van der Waals surface area contributed by atoms with Crippen LogP contribution in [0.4, 0.5) is 0 Å². The highest BCUT2D eigenvalue weighted by Gasteiger charge is 2.24. The van der Waals surface area contributed by atoms with Crippen LogP contribution < -0.4 is 4.74 Å². The van der Waals surface area contributed by atoms with Crippen LogP contribution in [-0.2, 0) is 18.3 Å². The van der Waals surface area contributed by atoms with Crippen LogP contribution in [0.15, 0.2) is 48.5 Å². The molecule has 0 bridgehead atoms. The number of likely N-dealkylation sites (tertiary alicyclic amines) is 1. The number of fused-ring (bicyclic) bond motifs is 1. The van der Waals surface area contributed by atoms with Gasteiger partial charge in [0.05, 0.1) is 24.2 Å². The highest BCUT2D eigenvalue weighted by Crippen LogP contribution is 2.34. The highest BCUT2D eigenvalue weighted by molar-refractivity contribution is 5.75. The van der Waals surface area contributed by atoms with Gasteiger partial charge in [0.25, 0.3) is 0 Å². The lowest BCUT2D eigenvalue weighted by Gasteiger charge is -2.32. The number of hydrogen-bond donors (Lipinski definition) is 0. The van der Waals surface area contributed by atoms with Crippen LogP contribution in [0.2, 0.25) is 0 Å². The number of para-hydroxylation sites is 3. The Labute approximate surface area is 179 Å². The summed E-state index contributed by atoms with van der Waals surface area (Å²) in [6.07, 6.45) is 3.24. The van der Waals surface area contributed by atoms with E-state index in [0.29, 0.717) is 12.5 Å². The summed E-state index contributed by atoms with van der Waals surface area (Å²) in [5.74, 6) is 2.75. The first-order valence-corrected chi connectivity index (χ1v) is 11.2. The van der Waals surface area contributed by atoms with Gasteiger partial charge in [0, 0.05) is 26.7 Å². The van der Waals surface area contributed by atoms with E-state index in [1.165, 1.54) is 11.1 Å². The minimum Gasteiger partial charge on any atom is -0.493 e. The molecule has 0 aliphatic carbocycles. The number of piperidine rings is 1. The summed E-state index contributed by atoms with van der Waals surface area (Å²) in [4.78, 5) is 7.37. The van der Waals surface area contributed by atoms with E-state index in [-0.39, 0.29) is 0 Å². The molecule has 1 fully saturated rings. The van der Waals surface area contributed by atoms with Crippen molar-refractivity contribution in [2.75, 3.05) is 32.9 Å². The third-order valence-corrected chi connectivity index (χ3v) is 6.09. The molecule has 0 spiro atoms. The zero-order valence-corrected chi connectivity index (χ0v) is 18.2. The van der Waals surface area contributed by atoms with Crippen LogP contribution in [0.25, 0.3) is 11.0 Å². The Kier molecular flexibility index (Phi) is 7.03. The number of aromatic nitrogens is 2. The molecule has 1 aromatic heterocycles. The second kappa shape index (κ2) is 10.1. The van der Waals surface area contributed by atoms with Crippen molar-refractivity contribution in [3.8, 4) is 5.75 Å². The fourth-order valence-electron chi connectivity index (χ4n) is 4.38. The maximum absolute atomic E-state index is 6.10. The Bertz CT molecular complexity index is 944. The van der Waals surface area contributed by atoms with Crippen molar-refractivity contribution >= 4 is 11.0 Å². The second-order valence-electron chi connectivity index (χ2n) is 8.06. The summed E-state index contributed by atoms with van der Waals surface area (Å²) in [5.41, 5.74) is 3.65. The van der Waals surface area contributed by atoms with E-state index in [0.717, 1.165) is 69.2 Å². The van der Waals surface area contributed by atoms with Crippen molar-refractivity contribution in [1.82, 2.24) is 14.5 Å². The molecule has 2 heterocycles. The minimum absolute atomic E-state index is 0.560. The van der Waals surface area contributed by atoms with E-state index in [1.807, 2.05) is 6.92 Å². The number of imidazole rings is 1. The van der Waals surface area contributed by atoms with Gasteiger partial charge in [-0.15, -0.1) is 0 Å². The predicted molar refractivity (Wildman–Crippen MR) is 121 cm³/mol. The van der Waals surface area contributed by atoms with Crippen LogP contribution in [0.1, 0.15) is 43.5 Å². The van der Waals surface area contributed by atoms with Crippen LogP contribution in [0, 0.1) is 0 Å². The lowest BCUT2D eigenvalue weighted by Crippen LogP contribution is -2.33. The van der Waals surface area contributed by atoms with Gasteiger partial charge in [-0.05, 0) is 62.5 Å². The van der Waals surface area contributed by atoms with Crippen molar-refractivity contribution in [3.05, 3.63) is 59.9 Å². The van der Waals surface area contributed by atoms with Crippen LogP contribution >= 0.6 is 0 Å². The topological polar surface area (TPSA) is 39.5 Å². The van der Waals surface area contributed by atoms with E-state index in [4.69, 9.17) is 14.5 Å². The molecule has 1 aliphatic rings. The van der Waals surface area contributed by atoms with Gasteiger partial charge in [0.2, 0.25) is 0 Å². The lowest BCUT2D eigenvalue weighted by molar-refractivity contribution is 0.130. The highest BCUT2D eigenvalue weighted by atomic mass is 16.5. The zero-order chi connectivity index (χ0) is 20.8. The van der Waals surface area contributed by atoms with Gasteiger partial charge in [-0.1, -0.05) is 30.3 Å². The molecular weight excluding hydrogens is 374 g/mol. The fraction of sp³-hybridized carbons (Fsp3) is 0.480. The van der Waals surface area contributed by atoms with Gasteiger partial charge < -0.3 is 14.0 Å². The van der Waals surface area contributed by atoms with Crippen LogP contribution in [0.3, 0.4) is 0 Å². The van der Waals surface area contributed by atoms with E-state index in [1.54, 1.807) is 0 Å². The van der Waals surface area contributed by atoms with Gasteiger partial charge in [-0.2, -0.15) is 0 Å². The maximum atomic E-state index is 6.10. The number of aryl methyl sites for hydroxylation is 1. The number of nitrogens with zero attached hydrogens (tertiary/aromatic N) is 3. The Morgan fingerprint density at radius 2 is 1.77 bits per heavy atom. The maximum Gasteiger partial charge on any atom is 0.123 e. The van der Waals surface area contributed by atoms with Gasteiger partial charge >= 0.3 is 0 Å². The van der Waals surface area contributed by atoms with Crippen molar-refractivity contribution < 1.29 is 9.47 Å². The molecule has 30 heavy (non-hydrogen) atoms. The Morgan fingerprint density at radius 1 is 1.00 bits per heavy atom. The van der Waals surface area contributed by atoms with Gasteiger partial charge in [-0.3, -0.25) is 4.90 Å². The van der Waals surface area contributed by atoms with E-state index >= 15 is 0 Å². The molecule has 0 atom stereocenters. The standard InChI is InChI=1S/C25H33N3O2/c1-3-29-17-8-18-30-24-12-7-4-9-21(24)20-13-15-28(16-14-20)19-25-26-22-10-5-6-11-23(22)27(25)2/h4-7,9-12,20H,3,8,13-19H2,1-2H3. The van der Waals surface area contributed by atoms with Crippen molar-refractivity contribution in [2.45, 2.75) is 38.6 Å². The summed E-state index contributed by atoms with van der Waals surface area (Å²) in [6.45, 7) is 7.36. The quantitative estimate of drug-likeness (QED) is 0.480. The number of rotatable bonds is 9. The predicted octanol–water partition coefficient (Wildman–Crippen LogP) is 4.76. The Balaban J connectivity index is 1.34. The average Bonchev–Trinajstić information content (AvgIpc) is 3.10. The summed E-state index contributed by atoms with van der Waals surface area (Å²) in [5, 5.41) is 0. The zero-order valence-electron chi connectivity index (χ0n) is 18.2. The van der Waals surface area contributed by atoms with Crippen LogP contribution in [0.5, 0.6) is 5.75 Å². The number of benzene rings is 2. The summed E-state index contributed by atoms with van der Waals surface area (Å²) < 4.78 is 13.7. The normalized spacial score (nSPS) is 15.7. The molecule has 0 saturated carbocycles. The molecule has 0 N–H and O–H groups in total. The summed E-state index contributed by atoms with van der Waals surface area (Å²) in [6, 6.07) is 16.9. The van der Waals surface area contributed by atoms with Gasteiger partial charge in [0.1, 0.15) is 11.6 Å². The summed E-state index contributed by atoms with van der Waals surface area (Å²) >= 11 is 0. The molecular formula is C25H33N3O2. The monoisotopic (exact) mass is 407 g/mol. The van der Waals surface area contributed by atoms with Crippen molar-refractivity contribution in [2.24, 2.45) is 7.05 Å². The first-order chi connectivity index (χ1) is 14.8. The Morgan fingerprint density at radius 3 is 2.57 bits per heavy atom. The SMILES string of the molecule is CCOCCCOc1ccccc1C1CCN(Cc2nc3ccccc3n2C)CC1. The number of ether oxygens (including phenoxy) is 2. The second-order valence-corrected chi connectivity index (χ2v) is 8.06. The summed E-state index contributed by atoms with van der Waals surface area (Å²) in [7, 11) is 2.12. The van der Waals surface area contributed by atoms with E-state index < -0.39 is 0 Å². The minimum atomic E-state index is 0.560.